The molecule has 2 atom stereocenters. The van der Waals surface area contributed by atoms with Gasteiger partial charge in [0.15, 0.2) is 6.29 Å². The van der Waals surface area contributed by atoms with Crippen molar-refractivity contribution >= 4 is 6.09 Å². The first-order chi connectivity index (χ1) is 9.20. The van der Waals surface area contributed by atoms with E-state index in [1.165, 1.54) is 0 Å². The molecule has 2 rings (SSSR count). The Morgan fingerprint density at radius 3 is 2.89 bits per heavy atom. The highest BCUT2D eigenvalue weighted by Gasteiger charge is 2.36. The predicted molar refractivity (Wildman–Crippen MR) is 68.9 cm³/mol. The van der Waals surface area contributed by atoms with E-state index < -0.39 is 12.4 Å². The molecule has 1 N–H and O–H groups in total. The van der Waals surface area contributed by atoms with Crippen molar-refractivity contribution in [2.45, 2.75) is 45.1 Å². The Bertz CT molecular complexity index is 409. The van der Waals surface area contributed by atoms with E-state index in [0.29, 0.717) is 6.42 Å². The van der Waals surface area contributed by atoms with Crippen molar-refractivity contribution < 1.29 is 19.5 Å². The zero-order valence-electron chi connectivity index (χ0n) is 11.0. The number of carbonyl (C=O) groups is 1. The summed E-state index contributed by atoms with van der Waals surface area (Å²) in [5.41, 5.74) is 0.919. The fraction of sp³-hybridized carbons (Fsp3) is 0.500. The van der Waals surface area contributed by atoms with Gasteiger partial charge in [-0.3, -0.25) is 0 Å². The summed E-state index contributed by atoms with van der Waals surface area (Å²) in [6, 6.07) is 9.34. The number of rotatable bonds is 4. The molecule has 5 nitrogen and oxygen atoms in total. The average Bonchev–Trinajstić information content (AvgIpc) is 2.79. The fourth-order valence-electron chi connectivity index (χ4n) is 2.13. The molecule has 1 aromatic rings. The molecule has 0 spiro atoms. The Morgan fingerprint density at radius 2 is 2.21 bits per heavy atom. The summed E-state index contributed by atoms with van der Waals surface area (Å²) in [6.07, 6.45) is 0.689. The summed E-state index contributed by atoms with van der Waals surface area (Å²) >= 11 is 0. The van der Waals surface area contributed by atoms with Gasteiger partial charge in [0.1, 0.15) is 6.61 Å². The molecule has 1 heterocycles. The maximum atomic E-state index is 11.9. The summed E-state index contributed by atoms with van der Waals surface area (Å²) in [7, 11) is 0. The Kier molecular flexibility index (Phi) is 4.76. The molecule has 0 saturated carbocycles. The van der Waals surface area contributed by atoms with E-state index in [9.17, 15) is 9.90 Å². The van der Waals surface area contributed by atoms with Crippen LogP contribution in [0.5, 0.6) is 0 Å². The van der Waals surface area contributed by atoms with Crippen LogP contribution in [0.3, 0.4) is 0 Å². The standard InChI is InChI=1S/C14H19NO4/c1-2-6-12-9-13(16)19-15(12)14(17)18-10-11-7-4-3-5-8-11/h3-5,7-8,12-13,16H,2,6,9-10H2,1H3/t12?,13-/m0/s1. The normalized spacial score (nSPS) is 22.5. The molecule has 5 heteroatoms. The third-order valence-corrected chi connectivity index (χ3v) is 3.05. The maximum Gasteiger partial charge on any atom is 0.434 e. The number of nitrogens with zero attached hydrogens (tertiary/aromatic N) is 1. The van der Waals surface area contributed by atoms with E-state index in [2.05, 4.69) is 0 Å². The summed E-state index contributed by atoms with van der Waals surface area (Å²) < 4.78 is 5.19. The lowest BCUT2D eigenvalue weighted by Gasteiger charge is -2.21. The molecule has 1 aromatic carbocycles. The molecule has 1 unspecified atom stereocenters. The zero-order chi connectivity index (χ0) is 13.7. The second-order valence-electron chi connectivity index (χ2n) is 4.60. The van der Waals surface area contributed by atoms with E-state index in [4.69, 9.17) is 9.57 Å². The number of carbonyl (C=O) groups excluding carboxylic acids is 1. The SMILES string of the molecule is CCCC1C[C@@H](O)ON1C(=O)OCc1ccccc1. The van der Waals surface area contributed by atoms with Gasteiger partial charge in [-0.15, -0.1) is 0 Å². The molecule has 0 radical (unpaired) electrons. The van der Waals surface area contributed by atoms with Crippen molar-refractivity contribution in [3.8, 4) is 0 Å². The molecular formula is C14H19NO4. The third kappa shape index (κ3) is 3.68. The van der Waals surface area contributed by atoms with Crippen molar-refractivity contribution in [3.05, 3.63) is 35.9 Å². The minimum atomic E-state index is -0.916. The Balaban J connectivity index is 1.88. The summed E-state index contributed by atoms with van der Waals surface area (Å²) in [6.45, 7) is 2.23. The highest BCUT2D eigenvalue weighted by Crippen LogP contribution is 2.24. The minimum absolute atomic E-state index is 0.108. The number of hydrogen-bond donors (Lipinski definition) is 1. The molecule has 1 aliphatic heterocycles. The Hall–Kier alpha value is -1.59. The van der Waals surface area contributed by atoms with E-state index in [-0.39, 0.29) is 12.6 Å². The van der Waals surface area contributed by atoms with E-state index in [1.807, 2.05) is 37.3 Å². The predicted octanol–water partition coefficient (Wildman–Crippen LogP) is 2.45. The zero-order valence-corrected chi connectivity index (χ0v) is 11.0. The lowest BCUT2D eigenvalue weighted by Crippen LogP contribution is -2.35. The maximum absolute atomic E-state index is 11.9. The van der Waals surface area contributed by atoms with Gasteiger partial charge in [0, 0.05) is 6.42 Å². The highest BCUT2D eigenvalue weighted by molar-refractivity contribution is 5.67. The van der Waals surface area contributed by atoms with Crippen LogP contribution in [0.1, 0.15) is 31.7 Å². The fourth-order valence-corrected chi connectivity index (χ4v) is 2.13. The van der Waals surface area contributed by atoms with Crippen LogP contribution in [-0.2, 0) is 16.2 Å². The van der Waals surface area contributed by atoms with Crippen LogP contribution in [-0.4, -0.2) is 28.6 Å². The number of ether oxygens (including phenoxy) is 1. The van der Waals surface area contributed by atoms with Gasteiger partial charge in [-0.1, -0.05) is 43.7 Å². The lowest BCUT2D eigenvalue weighted by atomic mass is 10.1. The molecule has 1 amide bonds. The van der Waals surface area contributed by atoms with Gasteiger partial charge in [0.2, 0.25) is 0 Å². The molecule has 0 bridgehead atoms. The molecule has 104 valence electrons. The summed E-state index contributed by atoms with van der Waals surface area (Å²) in [5, 5.41) is 10.6. The molecule has 0 aromatic heterocycles. The lowest BCUT2D eigenvalue weighted by molar-refractivity contribution is -0.202. The van der Waals surface area contributed by atoms with Crippen molar-refractivity contribution in [2.24, 2.45) is 0 Å². The molecule has 0 aliphatic carbocycles. The number of aliphatic hydroxyl groups is 1. The van der Waals surface area contributed by atoms with E-state index in [0.717, 1.165) is 23.5 Å². The summed E-state index contributed by atoms with van der Waals surface area (Å²) in [4.78, 5) is 17.0. The van der Waals surface area contributed by atoms with Crippen molar-refractivity contribution in [1.82, 2.24) is 5.06 Å². The largest absolute Gasteiger partial charge is 0.443 e. The number of hydrogen-bond acceptors (Lipinski definition) is 4. The Labute approximate surface area is 112 Å². The van der Waals surface area contributed by atoms with Gasteiger partial charge in [-0.25, -0.2) is 9.63 Å². The van der Waals surface area contributed by atoms with Crippen LogP contribution < -0.4 is 0 Å². The number of hydroxylamine groups is 2. The molecular weight excluding hydrogens is 246 g/mol. The van der Waals surface area contributed by atoms with Crippen molar-refractivity contribution in [3.63, 3.8) is 0 Å². The van der Waals surface area contributed by atoms with Crippen LogP contribution in [0.15, 0.2) is 30.3 Å². The molecule has 19 heavy (non-hydrogen) atoms. The number of amides is 1. The van der Waals surface area contributed by atoms with Crippen LogP contribution in [0.4, 0.5) is 4.79 Å². The third-order valence-electron chi connectivity index (χ3n) is 3.05. The minimum Gasteiger partial charge on any atom is -0.443 e. The summed E-state index contributed by atoms with van der Waals surface area (Å²) in [5.74, 6) is 0. The van der Waals surface area contributed by atoms with Crippen LogP contribution >= 0.6 is 0 Å². The quantitative estimate of drug-likeness (QED) is 0.908. The van der Waals surface area contributed by atoms with Gasteiger partial charge >= 0.3 is 6.09 Å². The van der Waals surface area contributed by atoms with Gasteiger partial charge in [-0.05, 0) is 12.0 Å². The number of aliphatic hydroxyl groups excluding tert-OH is 1. The first-order valence-corrected chi connectivity index (χ1v) is 6.55. The van der Waals surface area contributed by atoms with Crippen LogP contribution in [0.25, 0.3) is 0 Å². The van der Waals surface area contributed by atoms with Gasteiger partial charge < -0.3 is 9.84 Å². The van der Waals surface area contributed by atoms with E-state index >= 15 is 0 Å². The first-order valence-electron chi connectivity index (χ1n) is 6.55. The molecule has 1 aliphatic rings. The van der Waals surface area contributed by atoms with Crippen molar-refractivity contribution in [1.29, 1.82) is 0 Å². The topological polar surface area (TPSA) is 59.0 Å². The Morgan fingerprint density at radius 1 is 1.47 bits per heavy atom. The van der Waals surface area contributed by atoms with E-state index in [1.54, 1.807) is 0 Å². The monoisotopic (exact) mass is 265 g/mol. The first kappa shape index (κ1) is 13.8. The second kappa shape index (κ2) is 6.54. The van der Waals surface area contributed by atoms with Gasteiger partial charge in [0.05, 0.1) is 6.04 Å². The van der Waals surface area contributed by atoms with Crippen LogP contribution in [0.2, 0.25) is 0 Å². The van der Waals surface area contributed by atoms with Crippen molar-refractivity contribution in [2.75, 3.05) is 0 Å². The van der Waals surface area contributed by atoms with Gasteiger partial charge in [0.25, 0.3) is 0 Å². The molecule has 1 fully saturated rings. The number of benzene rings is 1. The second-order valence-corrected chi connectivity index (χ2v) is 4.60. The molecule has 1 saturated heterocycles. The smallest absolute Gasteiger partial charge is 0.434 e. The van der Waals surface area contributed by atoms with Gasteiger partial charge in [-0.2, -0.15) is 5.06 Å². The average molecular weight is 265 g/mol. The highest BCUT2D eigenvalue weighted by atomic mass is 16.8. The van der Waals surface area contributed by atoms with Crippen LogP contribution in [0, 0.1) is 0 Å².